The van der Waals surface area contributed by atoms with E-state index in [4.69, 9.17) is 22.8 Å². The van der Waals surface area contributed by atoms with E-state index in [0.717, 1.165) is 5.56 Å². The number of para-hydroxylation sites is 1. The minimum atomic E-state index is -2.68. The number of benzene rings is 1. The van der Waals surface area contributed by atoms with Gasteiger partial charge in [-0.15, -0.1) is 0 Å². The average Bonchev–Trinajstić information content (AvgIpc) is 2.44. The van der Waals surface area contributed by atoms with Crippen LogP contribution in [0.5, 0.6) is 11.5 Å². The molecule has 0 heterocycles. The summed E-state index contributed by atoms with van der Waals surface area (Å²) in [6.07, 6.45) is 0. The highest BCUT2D eigenvalue weighted by Crippen LogP contribution is 2.32. The minimum absolute atomic E-state index is 0.525. The second-order valence-corrected chi connectivity index (χ2v) is 6.57. The topological polar surface area (TPSA) is 46.2 Å². The Morgan fingerprint density at radius 3 is 1.94 bits per heavy atom. The van der Waals surface area contributed by atoms with Crippen LogP contribution in [0.15, 0.2) is 18.2 Å². The summed E-state index contributed by atoms with van der Waals surface area (Å²) in [7, 11) is 5.30. The summed E-state index contributed by atoms with van der Waals surface area (Å²) < 4.78 is 26.9. The fourth-order valence-electron chi connectivity index (χ4n) is 1.79. The molecule has 18 heavy (non-hydrogen) atoms. The molecule has 5 nitrogen and oxygen atoms in total. The zero-order valence-corrected chi connectivity index (χ0v) is 12.5. The van der Waals surface area contributed by atoms with Crippen LogP contribution in [0.4, 0.5) is 0 Å². The lowest BCUT2D eigenvalue weighted by molar-refractivity contribution is 0.122. The highest BCUT2D eigenvalue weighted by Gasteiger charge is 2.39. The Bertz CT molecular complexity index is 370. The van der Waals surface area contributed by atoms with Crippen molar-refractivity contribution in [1.82, 2.24) is 0 Å². The smallest absolute Gasteiger partial charge is 0.493 e. The summed E-state index contributed by atoms with van der Waals surface area (Å²) in [5.41, 5.74) is 0.939. The van der Waals surface area contributed by atoms with Gasteiger partial charge in [-0.25, -0.2) is 0 Å². The SMILES string of the molecule is COc1cccc(C[Si](OC)(OC)OC)c1OC. The van der Waals surface area contributed by atoms with E-state index < -0.39 is 8.80 Å². The van der Waals surface area contributed by atoms with Gasteiger partial charge in [0, 0.05) is 32.9 Å². The van der Waals surface area contributed by atoms with Gasteiger partial charge < -0.3 is 22.8 Å². The molecule has 6 heteroatoms. The van der Waals surface area contributed by atoms with Crippen LogP contribution in [-0.4, -0.2) is 44.4 Å². The second kappa shape index (κ2) is 6.74. The Morgan fingerprint density at radius 1 is 0.889 bits per heavy atom. The molecule has 0 fully saturated rings. The third-order valence-corrected chi connectivity index (χ3v) is 5.50. The standard InChI is InChI=1S/C12H20O5Si/c1-13-11-8-6-7-10(12(11)14-2)9-18(15-3,16-4)17-5/h6-8H,9H2,1-5H3. The van der Waals surface area contributed by atoms with E-state index >= 15 is 0 Å². The first-order valence-electron chi connectivity index (χ1n) is 5.51. The van der Waals surface area contributed by atoms with Gasteiger partial charge >= 0.3 is 8.80 Å². The number of hydrogen-bond acceptors (Lipinski definition) is 5. The lowest BCUT2D eigenvalue weighted by Crippen LogP contribution is -2.45. The minimum Gasteiger partial charge on any atom is -0.493 e. The molecule has 1 rings (SSSR count). The molecule has 0 amide bonds. The molecule has 1 aromatic rings. The van der Waals surface area contributed by atoms with Gasteiger partial charge in [0.15, 0.2) is 11.5 Å². The van der Waals surface area contributed by atoms with E-state index in [1.165, 1.54) is 0 Å². The zero-order valence-electron chi connectivity index (χ0n) is 11.5. The molecule has 0 aliphatic heterocycles. The molecular formula is C12H20O5Si. The van der Waals surface area contributed by atoms with Crippen molar-refractivity contribution in [3.05, 3.63) is 23.8 Å². The van der Waals surface area contributed by atoms with Crippen molar-refractivity contribution < 1.29 is 22.8 Å². The van der Waals surface area contributed by atoms with Crippen molar-refractivity contribution in [3.8, 4) is 11.5 Å². The molecule has 0 spiro atoms. The first-order chi connectivity index (χ1) is 8.66. The summed E-state index contributed by atoms with van der Waals surface area (Å²) >= 11 is 0. The van der Waals surface area contributed by atoms with Crippen molar-refractivity contribution in [2.75, 3.05) is 35.5 Å². The highest BCUT2D eigenvalue weighted by molar-refractivity contribution is 6.60. The van der Waals surface area contributed by atoms with E-state index in [1.807, 2.05) is 18.2 Å². The molecule has 0 radical (unpaired) electrons. The van der Waals surface area contributed by atoms with Crippen molar-refractivity contribution in [3.63, 3.8) is 0 Å². The van der Waals surface area contributed by atoms with Crippen molar-refractivity contribution in [1.29, 1.82) is 0 Å². The quantitative estimate of drug-likeness (QED) is 0.707. The van der Waals surface area contributed by atoms with E-state index in [9.17, 15) is 0 Å². The Kier molecular flexibility index (Phi) is 5.61. The first-order valence-corrected chi connectivity index (χ1v) is 7.44. The lowest BCUT2D eigenvalue weighted by atomic mass is 10.2. The molecule has 0 saturated heterocycles. The van der Waals surface area contributed by atoms with Gasteiger partial charge in [0.05, 0.1) is 14.2 Å². The van der Waals surface area contributed by atoms with Crippen LogP contribution in [0.2, 0.25) is 0 Å². The Labute approximate surface area is 109 Å². The number of ether oxygens (including phenoxy) is 2. The van der Waals surface area contributed by atoms with E-state index in [1.54, 1.807) is 35.5 Å². The lowest BCUT2D eigenvalue weighted by Gasteiger charge is -2.25. The van der Waals surface area contributed by atoms with Crippen LogP contribution >= 0.6 is 0 Å². The van der Waals surface area contributed by atoms with Crippen LogP contribution < -0.4 is 9.47 Å². The number of rotatable bonds is 7. The molecule has 0 unspecified atom stereocenters. The van der Waals surface area contributed by atoms with E-state index in [2.05, 4.69) is 0 Å². The van der Waals surface area contributed by atoms with Crippen LogP contribution in [0.3, 0.4) is 0 Å². The Morgan fingerprint density at radius 2 is 1.50 bits per heavy atom. The fraction of sp³-hybridized carbons (Fsp3) is 0.500. The van der Waals surface area contributed by atoms with Crippen molar-refractivity contribution >= 4 is 8.80 Å². The number of hydrogen-bond donors (Lipinski definition) is 0. The van der Waals surface area contributed by atoms with Crippen LogP contribution in [0.25, 0.3) is 0 Å². The third kappa shape index (κ3) is 3.02. The summed E-state index contributed by atoms with van der Waals surface area (Å²) in [5, 5.41) is 0. The zero-order chi connectivity index (χ0) is 13.6. The summed E-state index contributed by atoms with van der Waals surface area (Å²) in [6, 6.07) is 6.21. The van der Waals surface area contributed by atoms with Gasteiger partial charge in [0.1, 0.15) is 0 Å². The highest BCUT2D eigenvalue weighted by atomic mass is 28.4. The predicted molar refractivity (Wildman–Crippen MR) is 70.0 cm³/mol. The Balaban J connectivity index is 3.09. The van der Waals surface area contributed by atoms with Crippen LogP contribution in [0, 0.1) is 0 Å². The van der Waals surface area contributed by atoms with Gasteiger partial charge in [0.25, 0.3) is 0 Å². The van der Waals surface area contributed by atoms with Crippen molar-refractivity contribution in [2.24, 2.45) is 0 Å². The maximum absolute atomic E-state index is 5.41. The second-order valence-electron chi connectivity index (χ2n) is 3.62. The van der Waals surface area contributed by atoms with Gasteiger partial charge in [0.2, 0.25) is 0 Å². The van der Waals surface area contributed by atoms with Gasteiger partial charge in [-0.2, -0.15) is 0 Å². The maximum Gasteiger partial charge on any atom is 0.504 e. The van der Waals surface area contributed by atoms with Crippen molar-refractivity contribution in [2.45, 2.75) is 6.04 Å². The largest absolute Gasteiger partial charge is 0.504 e. The average molecular weight is 272 g/mol. The third-order valence-electron chi connectivity index (χ3n) is 2.82. The molecule has 0 aromatic heterocycles. The van der Waals surface area contributed by atoms with E-state index in [-0.39, 0.29) is 0 Å². The summed E-state index contributed by atoms with van der Waals surface area (Å²) in [5.74, 6) is 1.37. The molecule has 0 aliphatic rings. The van der Waals surface area contributed by atoms with Gasteiger partial charge in [-0.3, -0.25) is 0 Å². The normalized spacial score (nSPS) is 11.4. The molecule has 0 N–H and O–H groups in total. The molecular weight excluding hydrogens is 252 g/mol. The molecule has 1 aromatic carbocycles. The maximum atomic E-state index is 5.41. The molecule has 0 bridgehead atoms. The molecule has 102 valence electrons. The van der Waals surface area contributed by atoms with E-state index in [0.29, 0.717) is 17.5 Å². The fourth-order valence-corrected chi connectivity index (χ4v) is 3.47. The summed E-state index contributed by atoms with van der Waals surface area (Å²) in [4.78, 5) is 0. The molecule has 0 aliphatic carbocycles. The predicted octanol–water partition coefficient (Wildman–Crippen LogP) is 1.66. The molecule has 0 atom stereocenters. The van der Waals surface area contributed by atoms with Crippen LogP contribution in [-0.2, 0) is 19.3 Å². The monoisotopic (exact) mass is 272 g/mol. The molecule has 0 saturated carbocycles. The Hall–Kier alpha value is -1.08. The van der Waals surface area contributed by atoms with Crippen LogP contribution in [0.1, 0.15) is 5.56 Å². The number of methoxy groups -OCH3 is 2. The summed E-state index contributed by atoms with van der Waals surface area (Å²) in [6.45, 7) is 0. The van der Waals surface area contributed by atoms with Gasteiger partial charge in [-0.1, -0.05) is 12.1 Å². The van der Waals surface area contributed by atoms with Gasteiger partial charge in [-0.05, 0) is 6.07 Å². The first kappa shape index (κ1) is 15.0.